The average molecular weight is 275 g/mol. The normalized spacial score (nSPS) is 18.5. The van der Waals surface area contributed by atoms with E-state index in [9.17, 15) is 10.1 Å². The van der Waals surface area contributed by atoms with Crippen LogP contribution in [0, 0.1) is 10.1 Å². The molecule has 1 aliphatic rings. The maximum absolute atomic E-state index is 10.7. The molecule has 0 spiro atoms. The van der Waals surface area contributed by atoms with E-state index >= 15 is 0 Å². The Balaban J connectivity index is 1.64. The van der Waals surface area contributed by atoms with Gasteiger partial charge < -0.3 is 15.6 Å². The van der Waals surface area contributed by atoms with E-state index in [1.54, 1.807) is 6.07 Å². The molecule has 2 aromatic rings. The molecule has 1 atom stereocenters. The van der Waals surface area contributed by atoms with Gasteiger partial charge in [-0.15, -0.1) is 0 Å². The molecule has 1 aliphatic heterocycles. The van der Waals surface area contributed by atoms with Crippen LogP contribution in [0.25, 0.3) is 11.0 Å². The summed E-state index contributed by atoms with van der Waals surface area (Å²) in [5, 5.41) is 17.4. The lowest BCUT2D eigenvalue weighted by molar-refractivity contribution is -0.384. The molecule has 1 aromatic carbocycles. The number of H-pyrrole nitrogens is 1. The van der Waals surface area contributed by atoms with Crippen LogP contribution in [-0.4, -0.2) is 34.0 Å². The summed E-state index contributed by atoms with van der Waals surface area (Å²) >= 11 is 0. The molecule has 0 radical (unpaired) electrons. The number of nitro benzene ring substituents is 1. The van der Waals surface area contributed by atoms with Gasteiger partial charge in [-0.25, -0.2) is 4.98 Å². The standard InChI is InChI=1S/C13H17N5O2/c19-18(20)10-3-4-11-12(8-10)17-13(16-11)15-7-5-9-2-1-6-14-9/h3-4,8-9,14H,1-2,5-7H2,(H2,15,16,17). The van der Waals surface area contributed by atoms with Gasteiger partial charge in [-0.1, -0.05) is 0 Å². The van der Waals surface area contributed by atoms with Crippen molar-refractivity contribution in [2.45, 2.75) is 25.3 Å². The van der Waals surface area contributed by atoms with Gasteiger partial charge >= 0.3 is 0 Å². The largest absolute Gasteiger partial charge is 0.356 e. The van der Waals surface area contributed by atoms with Gasteiger partial charge in [0.15, 0.2) is 0 Å². The number of anilines is 1. The Kier molecular flexibility index (Phi) is 3.51. The zero-order chi connectivity index (χ0) is 13.9. The average Bonchev–Trinajstić information content (AvgIpc) is 3.06. The lowest BCUT2D eigenvalue weighted by atomic mass is 10.2. The van der Waals surface area contributed by atoms with Crippen molar-refractivity contribution in [1.82, 2.24) is 15.3 Å². The van der Waals surface area contributed by atoms with E-state index in [0.717, 1.165) is 25.0 Å². The summed E-state index contributed by atoms with van der Waals surface area (Å²) in [5.41, 5.74) is 1.49. The molecule has 3 rings (SSSR count). The Hall–Kier alpha value is -2.15. The highest BCUT2D eigenvalue weighted by Gasteiger charge is 2.13. The number of rotatable bonds is 5. The number of nitro groups is 1. The number of fused-ring (bicyclic) bond motifs is 1. The predicted molar refractivity (Wildman–Crippen MR) is 76.9 cm³/mol. The van der Waals surface area contributed by atoms with Crippen LogP contribution in [0.1, 0.15) is 19.3 Å². The van der Waals surface area contributed by atoms with Crippen LogP contribution in [0.4, 0.5) is 11.6 Å². The first-order chi connectivity index (χ1) is 9.72. The van der Waals surface area contributed by atoms with Gasteiger partial charge in [0.25, 0.3) is 5.69 Å². The second-order valence-corrected chi connectivity index (χ2v) is 5.05. The van der Waals surface area contributed by atoms with Gasteiger partial charge in [-0.2, -0.15) is 0 Å². The number of nitrogens with one attached hydrogen (secondary N) is 3. The van der Waals surface area contributed by atoms with Crippen LogP contribution in [-0.2, 0) is 0 Å². The minimum absolute atomic E-state index is 0.0721. The second-order valence-electron chi connectivity index (χ2n) is 5.05. The van der Waals surface area contributed by atoms with Crippen LogP contribution < -0.4 is 10.6 Å². The highest BCUT2D eigenvalue weighted by molar-refractivity contribution is 5.79. The van der Waals surface area contributed by atoms with Crippen molar-refractivity contribution in [3.63, 3.8) is 0 Å². The van der Waals surface area contributed by atoms with Crippen molar-refractivity contribution in [2.75, 3.05) is 18.4 Å². The quantitative estimate of drug-likeness (QED) is 0.573. The first-order valence-electron chi connectivity index (χ1n) is 6.84. The van der Waals surface area contributed by atoms with Crippen molar-refractivity contribution < 1.29 is 4.92 Å². The first-order valence-corrected chi connectivity index (χ1v) is 6.84. The molecule has 0 saturated carbocycles. The third-order valence-corrected chi connectivity index (χ3v) is 3.62. The molecule has 1 unspecified atom stereocenters. The zero-order valence-corrected chi connectivity index (χ0v) is 11.1. The Bertz CT molecular complexity index is 618. The maximum Gasteiger partial charge on any atom is 0.271 e. The minimum Gasteiger partial charge on any atom is -0.356 e. The number of benzene rings is 1. The van der Waals surface area contributed by atoms with E-state index < -0.39 is 4.92 Å². The monoisotopic (exact) mass is 275 g/mol. The van der Waals surface area contributed by atoms with Gasteiger partial charge in [0.1, 0.15) is 0 Å². The summed E-state index contributed by atoms with van der Waals surface area (Å²) < 4.78 is 0. The van der Waals surface area contributed by atoms with Crippen molar-refractivity contribution in [3.05, 3.63) is 28.3 Å². The van der Waals surface area contributed by atoms with Crippen LogP contribution in [0.15, 0.2) is 18.2 Å². The van der Waals surface area contributed by atoms with E-state index in [0.29, 0.717) is 17.5 Å². The van der Waals surface area contributed by atoms with E-state index in [-0.39, 0.29) is 5.69 Å². The molecule has 0 bridgehead atoms. The predicted octanol–water partition coefficient (Wildman–Crippen LogP) is 2.03. The van der Waals surface area contributed by atoms with Crippen LogP contribution in [0.5, 0.6) is 0 Å². The lowest BCUT2D eigenvalue weighted by Crippen LogP contribution is -2.24. The third kappa shape index (κ3) is 2.72. The van der Waals surface area contributed by atoms with Crippen molar-refractivity contribution in [1.29, 1.82) is 0 Å². The number of nitrogens with zero attached hydrogens (tertiary/aromatic N) is 2. The molecule has 7 heteroatoms. The van der Waals surface area contributed by atoms with E-state index in [2.05, 4.69) is 20.6 Å². The Morgan fingerprint density at radius 2 is 2.40 bits per heavy atom. The topological polar surface area (TPSA) is 95.9 Å². The fourth-order valence-electron chi connectivity index (χ4n) is 2.56. The van der Waals surface area contributed by atoms with Gasteiger partial charge in [0.2, 0.25) is 5.95 Å². The second kappa shape index (κ2) is 5.46. The number of non-ortho nitro benzene ring substituents is 1. The summed E-state index contributed by atoms with van der Waals surface area (Å²) in [5.74, 6) is 0.665. The highest BCUT2D eigenvalue weighted by Crippen LogP contribution is 2.20. The molecule has 1 aromatic heterocycles. The van der Waals surface area contributed by atoms with Gasteiger partial charge in [-0.05, 0) is 31.9 Å². The Labute approximate surface area is 115 Å². The molecule has 2 heterocycles. The van der Waals surface area contributed by atoms with Gasteiger partial charge in [0.05, 0.1) is 16.0 Å². The fourth-order valence-corrected chi connectivity index (χ4v) is 2.56. The molecule has 20 heavy (non-hydrogen) atoms. The van der Waals surface area contributed by atoms with Gasteiger partial charge in [-0.3, -0.25) is 10.1 Å². The third-order valence-electron chi connectivity index (χ3n) is 3.62. The molecule has 1 fully saturated rings. The number of hydrogen-bond acceptors (Lipinski definition) is 5. The number of hydrogen-bond donors (Lipinski definition) is 3. The van der Waals surface area contributed by atoms with E-state index in [1.165, 1.54) is 25.0 Å². The van der Waals surface area contributed by atoms with E-state index in [1.807, 2.05) is 0 Å². The smallest absolute Gasteiger partial charge is 0.271 e. The van der Waals surface area contributed by atoms with Crippen molar-refractivity contribution in [3.8, 4) is 0 Å². The summed E-state index contributed by atoms with van der Waals surface area (Å²) in [6, 6.07) is 5.22. The summed E-state index contributed by atoms with van der Waals surface area (Å²) in [7, 11) is 0. The zero-order valence-electron chi connectivity index (χ0n) is 11.1. The van der Waals surface area contributed by atoms with Crippen molar-refractivity contribution in [2.24, 2.45) is 0 Å². The van der Waals surface area contributed by atoms with Crippen LogP contribution in [0.3, 0.4) is 0 Å². The van der Waals surface area contributed by atoms with Gasteiger partial charge in [0, 0.05) is 24.7 Å². The van der Waals surface area contributed by atoms with Crippen LogP contribution in [0.2, 0.25) is 0 Å². The molecule has 1 saturated heterocycles. The number of aromatic amines is 1. The minimum atomic E-state index is -0.404. The summed E-state index contributed by atoms with van der Waals surface area (Å²) in [4.78, 5) is 17.8. The van der Waals surface area contributed by atoms with E-state index in [4.69, 9.17) is 0 Å². The number of imidazole rings is 1. The lowest BCUT2D eigenvalue weighted by Gasteiger charge is -2.09. The molecule has 0 aliphatic carbocycles. The van der Waals surface area contributed by atoms with Crippen molar-refractivity contribution >= 4 is 22.7 Å². The summed E-state index contributed by atoms with van der Waals surface area (Å²) in [6.45, 7) is 1.94. The molecular weight excluding hydrogens is 258 g/mol. The maximum atomic E-state index is 10.7. The summed E-state index contributed by atoms with van der Waals surface area (Å²) in [6.07, 6.45) is 3.53. The molecule has 7 nitrogen and oxygen atoms in total. The Morgan fingerprint density at radius 3 is 3.15 bits per heavy atom. The fraction of sp³-hybridized carbons (Fsp3) is 0.462. The SMILES string of the molecule is O=[N+]([O-])c1ccc2nc(NCCC3CCCN3)[nH]c2c1. The molecule has 106 valence electrons. The highest BCUT2D eigenvalue weighted by atomic mass is 16.6. The molecule has 3 N–H and O–H groups in total. The first kappa shape index (κ1) is 12.9. The van der Waals surface area contributed by atoms with Crippen LogP contribution >= 0.6 is 0 Å². The molecule has 0 amide bonds. The number of aromatic nitrogens is 2. The Morgan fingerprint density at radius 1 is 1.50 bits per heavy atom. The molecular formula is C13H17N5O2.